The fourth-order valence-corrected chi connectivity index (χ4v) is 4.34. The highest BCUT2D eigenvalue weighted by Gasteiger charge is 2.21. The number of H-pyrrole nitrogens is 1. The molecule has 0 atom stereocenters. The molecular formula is C21H23N3O3S. The van der Waals surface area contributed by atoms with Crippen molar-refractivity contribution in [3.05, 3.63) is 57.1 Å². The predicted molar refractivity (Wildman–Crippen MR) is 112 cm³/mol. The van der Waals surface area contributed by atoms with E-state index in [1.165, 1.54) is 18.7 Å². The first kappa shape index (κ1) is 20.1. The summed E-state index contributed by atoms with van der Waals surface area (Å²) in [4.78, 5) is 45.0. The minimum atomic E-state index is -0.122. The third kappa shape index (κ3) is 3.67. The van der Waals surface area contributed by atoms with Gasteiger partial charge >= 0.3 is 0 Å². The van der Waals surface area contributed by atoms with Crippen molar-refractivity contribution in [3.63, 3.8) is 0 Å². The van der Waals surface area contributed by atoms with E-state index in [2.05, 4.69) is 9.97 Å². The van der Waals surface area contributed by atoms with Crippen LogP contribution >= 0.6 is 11.8 Å². The molecular weight excluding hydrogens is 374 g/mol. The van der Waals surface area contributed by atoms with Gasteiger partial charge in [-0.3, -0.25) is 19.0 Å². The van der Waals surface area contributed by atoms with Crippen LogP contribution in [-0.2, 0) is 6.54 Å². The lowest BCUT2D eigenvalue weighted by Crippen LogP contribution is -2.23. The van der Waals surface area contributed by atoms with E-state index in [4.69, 9.17) is 0 Å². The Bertz CT molecular complexity index is 1130. The van der Waals surface area contributed by atoms with Crippen molar-refractivity contribution in [2.24, 2.45) is 0 Å². The standard InChI is InChI=1S/C21H23N3O3S/c1-5-10-24-20(27)15-8-6-7-9-16(15)23-21(24)28-11-17(26)19-12(2)18(14(4)25)13(3)22-19/h6-9,22H,5,10-11H2,1-4H3. The first-order chi connectivity index (χ1) is 13.3. The number of carbonyl (C=O) groups is 2. The number of aromatic amines is 1. The molecule has 1 N–H and O–H groups in total. The van der Waals surface area contributed by atoms with Gasteiger partial charge in [0, 0.05) is 17.8 Å². The SMILES string of the molecule is CCCn1c(SCC(=O)c2[nH]c(C)c(C(C)=O)c2C)nc2ccccc2c1=O. The molecule has 0 radical (unpaired) electrons. The number of aromatic nitrogens is 3. The maximum absolute atomic E-state index is 12.8. The van der Waals surface area contributed by atoms with Crippen LogP contribution in [0.5, 0.6) is 0 Å². The third-order valence-electron chi connectivity index (χ3n) is 4.67. The van der Waals surface area contributed by atoms with Crippen LogP contribution < -0.4 is 5.56 Å². The van der Waals surface area contributed by atoms with Gasteiger partial charge in [0.25, 0.3) is 5.56 Å². The van der Waals surface area contributed by atoms with Crippen LogP contribution in [0.25, 0.3) is 10.9 Å². The number of carbonyl (C=O) groups excluding carboxylic acids is 2. The predicted octanol–water partition coefficient (Wildman–Crippen LogP) is 3.93. The maximum Gasteiger partial charge on any atom is 0.262 e. The summed E-state index contributed by atoms with van der Waals surface area (Å²) in [5, 5.41) is 1.11. The quantitative estimate of drug-likeness (QED) is 0.371. The number of fused-ring (bicyclic) bond motifs is 1. The number of nitrogens with one attached hydrogen (secondary N) is 1. The van der Waals surface area contributed by atoms with Crippen LogP contribution in [0.4, 0.5) is 0 Å². The Labute approximate surface area is 167 Å². The number of aryl methyl sites for hydroxylation is 1. The highest BCUT2D eigenvalue weighted by molar-refractivity contribution is 7.99. The maximum atomic E-state index is 12.8. The van der Waals surface area contributed by atoms with E-state index in [-0.39, 0.29) is 22.9 Å². The number of nitrogens with zero attached hydrogens (tertiary/aromatic N) is 2. The van der Waals surface area contributed by atoms with E-state index >= 15 is 0 Å². The smallest absolute Gasteiger partial charge is 0.262 e. The Balaban J connectivity index is 1.92. The van der Waals surface area contributed by atoms with E-state index < -0.39 is 0 Å². The molecule has 6 nitrogen and oxygen atoms in total. The lowest BCUT2D eigenvalue weighted by molar-refractivity contribution is 0.101. The van der Waals surface area contributed by atoms with Gasteiger partial charge in [-0.25, -0.2) is 4.98 Å². The zero-order valence-electron chi connectivity index (χ0n) is 16.5. The van der Waals surface area contributed by atoms with E-state index in [0.717, 1.165) is 6.42 Å². The van der Waals surface area contributed by atoms with E-state index in [1.807, 2.05) is 19.1 Å². The summed E-state index contributed by atoms with van der Waals surface area (Å²) in [7, 11) is 0. The fourth-order valence-electron chi connectivity index (χ4n) is 3.44. The second-order valence-corrected chi connectivity index (χ2v) is 7.70. The highest BCUT2D eigenvalue weighted by Crippen LogP contribution is 2.23. The summed E-state index contributed by atoms with van der Waals surface area (Å²) in [6.07, 6.45) is 0.790. The summed E-state index contributed by atoms with van der Waals surface area (Å²) in [5.41, 5.74) is 2.92. The number of para-hydroxylation sites is 1. The molecule has 2 aromatic heterocycles. The Morgan fingerprint density at radius 3 is 2.57 bits per heavy atom. The van der Waals surface area contributed by atoms with Crippen molar-refractivity contribution in [1.82, 2.24) is 14.5 Å². The Morgan fingerprint density at radius 2 is 1.93 bits per heavy atom. The van der Waals surface area contributed by atoms with Gasteiger partial charge in [0.05, 0.1) is 22.3 Å². The van der Waals surface area contributed by atoms with Crippen molar-refractivity contribution in [2.45, 2.75) is 45.8 Å². The van der Waals surface area contributed by atoms with Crippen molar-refractivity contribution in [2.75, 3.05) is 5.75 Å². The highest BCUT2D eigenvalue weighted by atomic mass is 32.2. The van der Waals surface area contributed by atoms with E-state index in [0.29, 0.717) is 45.1 Å². The Hall–Kier alpha value is -2.67. The molecule has 0 saturated carbocycles. The molecule has 28 heavy (non-hydrogen) atoms. The lowest BCUT2D eigenvalue weighted by Gasteiger charge is -2.12. The Morgan fingerprint density at radius 1 is 1.21 bits per heavy atom. The summed E-state index contributed by atoms with van der Waals surface area (Å²) < 4.78 is 1.63. The molecule has 3 rings (SSSR count). The molecule has 0 bridgehead atoms. The molecule has 0 aliphatic rings. The summed E-state index contributed by atoms with van der Waals surface area (Å²) in [5.74, 6) is -0.0541. The average Bonchev–Trinajstić information content (AvgIpc) is 2.97. The zero-order chi connectivity index (χ0) is 20.4. The minimum Gasteiger partial charge on any atom is -0.355 e. The molecule has 0 aliphatic carbocycles. The average molecular weight is 398 g/mol. The molecule has 0 spiro atoms. The van der Waals surface area contributed by atoms with E-state index in [9.17, 15) is 14.4 Å². The molecule has 0 amide bonds. The molecule has 3 aromatic rings. The van der Waals surface area contributed by atoms with Crippen LogP contribution in [0.2, 0.25) is 0 Å². The first-order valence-corrected chi connectivity index (χ1v) is 10.2. The van der Waals surface area contributed by atoms with Crippen molar-refractivity contribution >= 4 is 34.2 Å². The van der Waals surface area contributed by atoms with Gasteiger partial charge in [0.1, 0.15) is 0 Å². The van der Waals surface area contributed by atoms with Gasteiger partial charge in [-0.05, 0) is 44.9 Å². The fraction of sp³-hybridized carbons (Fsp3) is 0.333. The molecule has 0 aliphatic heterocycles. The molecule has 0 unspecified atom stereocenters. The first-order valence-electron chi connectivity index (χ1n) is 9.20. The largest absolute Gasteiger partial charge is 0.355 e. The van der Waals surface area contributed by atoms with Crippen LogP contribution in [0.15, 0.2) is 34.2 Å². The van der Waals surface area contributed by atoms with Gasteiger partial charge in [-0.2, -0.15) is 0 Å². The van der Waals surface area contributed by atoms with E-state index in [1.54, 1.807) is 30.5 Å². The van der Waals surface area contributed by atoms with Crippen molar-refractivity contribution in [3.8, 4) is 0 Å². The monoisotopic (exact) mass is 397 g/mol. The van der Waals surface area contributed by atoms with Crippen LogP contribution in [0.3, 0.4) is 0 Å². The number of hydrogen-bond donors (Lipinski definition) is 1. The summed E-state index contributed by atoms with van der Waals surface area (Å²) in [6, 6.07) is 7.23. The van der Waals surface area contributed by atoms with Gasteiger partial charge in [-0.1, -0.05) is 30.8 Å². The molecule has 2 heterocycles. The molecule has 7 heteroatoms. The summed E-state index contributed by atoms with van der Waals surface area (Å²) in [6.45, 7) is 7.60. The van der Waals surface area contributed by atoms with Gasteiger partial charge < -0.3 is 4.98 Å². The van der Waals surface area contributed by atoms with Crippen molar-refractivity contribution in [1.29, 1.82) is 0 Å². The molecule has 1 aromatic carbocycles. The van der Waals surface area contributed by atoms with Gasteiger partial charge in [0.15, 0.2) is 16.7 Å². The Kier molecular flexibility index (Phi) is 5.84. The van der Waals surface area contributed by atoms with Crippen LogP contribution in [0, 0.1) is 13.8 Å². The second kappa shape index (κ2) is 8.14. The number of Topliss-reactive ketones (excluding diaryl/α,β-unsaturated/α-hetero) is 2. The zero-order valence-corrected chi connectivity index (χ0v) is 17.3. The number of benzene rings is 1. The third-order valence-corrected chi connectivity index (χ3v) is 5.65. The molecule has 0 saturated heterocycles. The number of hydrogen-bond acceptors (Lipinski definition) is 5. The number of ketones is 2. The van der Waals surface area contributed by atoms with Crippen LogP contribution in [0.1, 0.15) is 52.4 Å². The number of rotatable bonds is 7. The second-order valence-electron chi connectivity index (χ2n) is 6.76. The van der Waals surface area contributed by atoms with Gasteiger partial charge in [-0.15, -0.1) is 0 Å². The molecule has 0 fully saturated rings. The number of thioether (sulfide) groups is 1. The topological polar surface area (TPSA) is 84.8 Å². The molecule has 146 valence electrons. The van der Waals surface area contributed by atoms with Crippen LogP contribution in [-0.4, -0.2) is 31.9 Å². The van der Waals surface area contributed by atoms with Crippen molar-refractivity contribution < 1.29 is 9.59 Å². The minimum absolute atomic E-state index is 0.0640. The lowest BCUT2D eigenvalue weighted by atomic mass is 10.1. The normalized spacial score (nSPS) is 11.1. The van der Waals surface area contributed by atoms with Gasteiger partial charge in [0.2, 0.25) is 0 Å². The summed E-state index contributed by atoms with van der Waals surface area (Å²) >= 11 is 1.25.